The Bertz CT molecular complexity index is 1180. The topological polar surface area (TPSA) is 77.6 Å². The molecule has 1 amide bonds. The quantitative estimate of drug-likeness (QED) is 0.444. The van der Waals surface area contributed by atoms with Crippen LogP contribution in [0.15, 0.2) is 79.4 Å². The fraction of sp³-hybridized carbons (Fsp3) is 0.167. The van der Waals surface area contributed by atoms with Crippen LogP contribution in [0, 0.1) is 0 Å². The molecule has 3 aromatic heterocycles. The lowest BCUT2D eigenvalue weighted by Gasteiger charge is -2.13. The van der Waals surface area contributed by atoms with Crippen LogP contribution in [0.1, 0.15) is 31.9 Å². The molecule has 0 aliphatic carbocycles. The van der Waals surface area contributed by atoms with Gasteiger partial charge in [0, 0.05) is 41.9 Å². The first kappa shape index (κ1) is 20.3. The summed E-state index contributed by atoms with van der Waals surface area (Å²) in [4.78, 5) is 16.8. The van der Waals surface area contributed by atoms with E-state index in [2.05, 4.69) is 29.2 Å². The average Bonchev–Trinajstić information content (AvgIpc) is 3.45. The van der Waals surface area contributed by atoms with Crippen molar-refractivity contribution in [3.8, 4) is 16.9 Å². The van der Waals surface area contributed by atoms with Crippen LogP contribution in [0.3, 0.4) is 0 Å². The van der Waals surface area contributed by atoms with E-state index in [1.165, 1.54) is 6.08 Å². The number of rotatable bonds is 7. The van der Waals surface area contributed by atoms with Gasteiger partial charge in [-0.1, -0.05) is 25.1 Å². The van der Waals surface area contributed by atoms with Crippen molar-refractivity contribution < 1.29 is 4.79 Å². The van der Waals surface area contributed by atoms with Crippen molar-refractivity contribution in [3.05, 3.63) is 85.0 Å². The van der Waals surface area contributed by atoms with Gasteiger partial charge in [0.05, 0.1) is 17.9 Å². The highest BCUT2D eigenvalue weighted by molar-refractivity contribution is 6.01. The molecule has 0 aliphatic rings. The number of amides is 1. The standard InChI is InChI=1S/C24H24N6O/c1-3-18(2)30-22(13-15-26-30)27-23(31)12-11-20-17-29(21-9-5-4-6-10-21)28-24(20)19-8-7-14-25-16-19/h4-18H,3H2,1-2H3,(H,27,31)/b12-11+. The molecule has 1 unspecified atom stereocenters. The Kier molecular flexibility index (Phi) is 6.03. The molecule has 0 bridgehead atoms. The Balaban J connectivity index is 1.61. The molecular weight excluding hydrogens is 388 g/mol. The van der Waals surface area contributed by atoms with Crippen molar-refractivity contribution in [2.75, 3.05) is 5.32 Å². The van der Waals surface area contributed by atoms with Crippen LogP contribution in [0.2, 0.25) is 0 Å². The van der Waals surface area contributed by atoms with Crippen molar-refractivity contribution in [1.82, 2.24) is 24.5 Å². The van der Waals surface area contributed by atoms with Crippen molar-refractivity contribution in [3.63, 3.8) is 0 Å². The first-order chi connectivity index (χ1) is 15.2. The van der Waals surface area contributed by atoms with Crippen molar-refractivity contribution in [1.29, 1.82) is 0 Å². The van der Waals surface area contributed by atoms with E-state index >= 15 is 0 Å². The number of pyridine rings is 1. The minimum absolute atomic E-state index is 0.204. The highest BCUT2D eigenvalue weighted by Crippen LogP contribution is 2.24. The lowest BCUT2D eigenvalue weighted by atomic mass is 10.1. The van der Waals surface area contributed by atoms with E-state index in [-0.39, 0.29) is 11.9 Å². The van der Waals surface area contributed by atoms with Crippen LogP contribution in [-0.4, -0.2) is 30.5 Å². The number of para-hydroxylation sites is 1. The number of hydrogen-bond donors (Lipinski definition) is 1. The van der Waals surface area contributed by atoms with Gasteiger partial charge in [0.15, 0.2) is 0 Å². The molecule has 7 heteroatoms. The van der Waals surface area contributed by atoms with Gasteiger partial charge in [0.2, 0.25) is 5.91 Å². The molecule has 31 heavy (non-hydrogen) atoms. The molecule has 0 fully saturated rings. The van der Waals surface area contributed by atoms with Crippen LogP contribution in [0.5, 0.6) is 0 Å². The van der Waals surface area contributed by atoms with Gasteiger partial charge >= 0.3 is 0 Å². The summed E-state index contributed by atoms with van der Waals surface area (Å²) in [6, 6.07) is 15.7. The third-order valence-corrected chi connectivity index (χ3v) is 5.04. The fourth-order valence-electron chi connectivity index (χ4n) is 3.22. The second-order valence-corrected chi connectivity index (χ2v) is 7.20. The Morgan fingerprint density at radius 3 is 2.71 bits per heavy atom. The van der Waals surface area contributed by atoms with Crippen LogP contribution in [0.25, 0.3) is 23.0 Å². The minimum Gasteiger partial charge on any atom is -0.307 e. The zero-order valence-electron chi connectivity index (χ0n) is 17.5. The number of nitrogens with one attached hydrogen (secondary N) is 1. The molecule has 4 aromatic rings. The zero-order chi connectivity index (χ0) is 21.6. The van der Waals surface area contributed by atoms with Crippen molar-refractivity contribution in [2.24, 2.45) is 0 Å². The summed E-state index contributed by atoms with van der Waals surface area (Å²) in [5.74, 6) is 0.450. The first-order valence-corrected chi connectivity index (χ1v) is 10.2. The molecule has 0 saturated carbocycles. The predicted octanol–water partition coefficient (Wildman–Crippen LogP) is 4.75. The Morgan fingerprint density at radius 1 is 1.13 bits per heavy atom. The summed E-state index contributed by atoms with van der Waals surface area (Å²) in [6.07, 6.45) is 11.3. The van der Waals surface area contributed by atoms with Gasteiger partial charge in [0.25, 0.3) is 0 Å². The maximum absolute atomic E-state index is 12.6. The maximum Gasteiger partial charge on any atom is 0.249 e. The number of nitrogens with zero attached hydrogens (tertiary/aromatic N) is 5. The molecule has 3 heterocycles. The largest absolute Gasteiger partial charge is 0.307 e. The lowest BCUT2D eigenvalue weighted by Crippen LogP contribution is -2.15. The summed E-state index contributed by atoms with van der Waals surface area (Å²) in [5, 5.41) is 11.9. The van der Waals surface area contributed by atoms with E-state index in [9.17, 15) is 4.79 Å². The van der Waals surface area contributed by atoms with Crippen LogP contribution in [0.4, 0.5) is 5.82 Å². The van der Waals surface area contributed by atoms with Gasteiger partial charge in [0.1, 0.15) is 11.5 Å². The summed E-state index contributed by atoms with van der Waals surface area (Å²) in [5.41, 5.74) is 3.40. The Morgan fingerprint density at radius 2 is 1.97 bits per heavy atom. The molecule has 0 aliphatic heterocycles. The molecule has 0 saturated heterocycles. The van der Waals surface area contributed by atoms with E-state index in [1.54, 1.807) is 35.4 Å². The van der Waals surface area contributed by atoms with Crippen molar-refractivity contribution >= 4 is 17.8 Å². The minimum atomic E-state index is -0.227. The van der Waals surface area contributed by atoms with Gasteiger partial charge in [-0.25, -0.2) is 9.36 Å². The third kappa shape index (κ3) is 4.61. The van der Waals surface area contributed by atoms with Gasteiger partial charge in [-0.05, 0) is 43.7 Å². The third-order valence-electron chi connectivity index (χ3n) is 5.04. The second-order valence-electron chi connectivity index (χ2n) is 7.20. The normalized spacial score (nSPS) is 12.2. The highest BCUT2D eigenvalue weighted by atomic mass is 16.1. The number of hydrogen-bond acceptors (Lipinski definition) is 4. The summed E-state index contributed by atoms with van der Waals surface area (Å²) < 4.78 is 3.62. The number of carbonyl (C=O) groups excluding carboxylic acids is 1. The van der Waals surface area contributed by atoms with E-state index in [0.717, 1.165) is 28.9 Å². The van der Waals surface area contributed by atoms with E-state index in [4.69, 9.17) is 5.10 Å². The van der Waals surface area contributed by atoms with Crippen LogP contribution >= 0.6 is 0 Å². The summed E-state index contributed by atoms with van der Waals surface area (Å²) >= 11 is 0. The summed E-state index contributed by atoms with van der Waals surface area (Å²) in [6.45, 7) is 4.15. The second kappa shape index (κ2) is 9.21. The SMILES string of the molecule is CCC(C)n1nccc1NC(=O)/C=C/c1cn(-c2ccccc2)nc1-c1cccnc1. The molecule has 0 radical (unpaired) electrons. The summed E-state index contributed by atoms with van der Waals surface area (Å²) in [7, 11) is 0. The van der Waals surface area contributed by atoms with Gasteiger partial charge in [-0.3, -0.25) is 9.78 Å². The molecule has 7 nitrogen and oxygen atoms in total. The molecule has 4 rings (SSSR count). The van der Waals surface area contributed by atoms with Crippen LogP contribution < -0.4 is 5.32 Å². The fourth-order valence-corrected chi connectivity index (χ4v) is 3.22. The van der Waals surface area contributed by atoms with Gasteiger partial charge in [-0.15, -0.1) is 0 Å². The van der Waals surface area contributed by atoms with Gasteiger partial charge in [-0.2, -0.15) is 10.2 Å². The van der Waals surface area contributed by atoms with E-state index in [0.29, 0.717) is 5.82 Å². The first-order valence-electron chi connectivity index (χ1n) is 10.2. The number of aromatic nitrogens is 5. The average molecular weight is 412 g/mol. The van der Waals surface area contributed by atoms with Crippen LogP contribution in [-0.2, 0) is 4.79 Å². The molecule has 0 spiro atoms. The Hall–Kier alpha value is -4.00. The molecule has 1 atom stereocenters. The number of benzene rings is 1. The van der Waals surface area contributed by atoms with E-state index < -0.39 is 0 Å². The molecule has 1 N–H and O–H groups in total. The molecule has 1 aromatic carbocycles. The zero-order valence-corrected chi connectivity index (χ0v) is 17.5. The van der Waals surface area contributed by atoms with Gasteiger partial charge < -0.3 is 5.32 Å². The Labute approximate surface area is 181 Å². The monoisotopic (exact) mass is 412 g/mol. The predicted molar refractivity (Wildman–Crippen MR) is 122 cm³/mol. The lowest BCUT2D eigenvalue weighted by molar-refractivity contribution is -0.111. The van der Waals surface area contributed by atoms with Crippen molar-refractivity contribution in [2.45, 2.75) is 26.3 Å². The number of anilines is 1. The highest BCUT2D eigenvalue weighted by Gasteiger charge is 2.12. The van der Waals surface area contributed by atoms with E-state index in [1.807, 2.05) is 53.3 Å². The smallest absolute Gasteiger partial charge is 0.249 e. The maximum atomic E-state index is 12.6. The molecule has 156 valence electrons. The number of carbonyl (C=O) groups is 1. The molecular formula is C24H24N6O.